The molecule has 0 saturated carbocycles. The maximum absolute atomic E-state index is 13.3. The molecule has 0 atom stereocenters. The van der Waals surface area contributed by atoms with Gasteiger partial charge in [0.2, 0.25) is 0 Å². The number of nitrogens with zero attached hydrogens (tertiary/aromatic N) is 2. The van der Waals surface area contributed by atoms with Crippen LogP contribution in [-0.2, 0) is 5.41 Å². The number of ether oxygens (including phenoxy) is 2. The van der Waals surface area contributed by atoms with E-state index in [1.807, 2.05) is 30.3 Å². The fourth-order valence-corrected chi connectivity index (χ4v) is 3.95. The molecule has 3 rings (SSSR count). The van der Waals surface area contributed by atoms with E-state index in [2.05, 4.69) is 34.4 Å². The highest BCUT2D eigenvalue weighted by molar-refractivity contribution is 14.0. The van der Waals surface area contributed by atoms with Crippen LogP contribution >= 0.6 is 24.0 Å². The topological polar surface area (TPSA) is 58.1 Å². The smallest absolute Gasteiger partial charge is 0.191 e. The molecule has 1 saturated heterocycles. The third-order valence-electron chi connectivity index (χ3n) is 6.08. The second-order valence-electron chi connectivity index (χ2n) is 8.79. The highest BCUT2D eigenvalue weighted by Gasteiger charge is 2.24. The minimum atomic E-state index is -0.214. The van der Waals surface area contributed by atoms with Gasteiger partial charge in [0.15, 0.2) is 5.96 Å². The largest absolute Gasteiger partial charge is 0.497 e. The van der Waals surface area contributed by atoms with Gasteiger partial charge in [-0.1, -0.05) is 26.0 Å². The molecule has 2 N–H and O–H groups in total. The van der Waals surface area contributed by atoms with Crippen LogP contribution in [0.5, 0.6) is 11.5 Å². The molecule has 182 valence electrons. The number of methoxy groups -OCH3 is 2. The van der Waals surface area contributed by atoms with Crippen molar-refractivity contribution >= 4 is 35.6 Å². The Morgan fingerprint density at radius 2 is 1.64 bits per heavy atom. The molecule has 2 aromatic carbocycles. The van der Waals surface area contributed by atoms with Crippen molar-refractivity contribution in [2.45, 2.75) is 38.1 Å². The second-order valence-corrected chi connectivity index (χ2v) is 8.79. The van der Waals surface area contributed by atoms with E-state index in [0.29, 0.717) is 12.6 Å². The van der Waals surface area contributed by atoms with Crippen molar-refractivity contribution in [2.75, 3.05) is 45.8 Å². The summed E-state index contributed by atoms with van der Waals surface area (Å²) in [6, 6.07) is 13.0. The van der Waals surface area contributed by atoms with Crippen LogP contribution in [0.3, 0.4) is 0 Å². The zero-order chi connectivity index (χ0) is 23.1. The minimum absolute atomic E-state index is 0. The Hall–Kier alpha value is -2.23. The number of rotatable bonds is 7. The van der Waals surface area contributed by atoms with Crippen molar-refractivity contribution in [3.63, 3.8) is 0 Å². The molecule has 1 aliphatic rings. The Morgan fingerprint density at radius 1 is 1.06 bits per heavy atom. The highest BCUT2D eigenvalue weighted by Crippen LogP contribution is 2.30. The van der Waals surface area contributed by atoms with Gasteiger partial charge in [0.05, 0.1) is 14.2 Å². The van der Waals surface area contributed by atoms with Crippen LogP contribution in [0.25, 0.3) is 0 Å². The molecule has 0 spiro atoms. The predicted octanol–water partition coefficient (Wildman–Crippen LogP) is 4.57. The molecular weight excluding hydrogens is 534 g/mol. The van der Waals surface area contributed by atoms with E-state index in [1.54, 1.807) is 21.3 Å². The average Bonchev–Trinajstić information content (AvgIpc) is 2.82. The van der Waals surface area contributed by atoms with Gasteiger partial charge in [-0.15, -0.1) is 24.0 Å². The summed E-state index contributed by atoms with van der Waals surface area (Å²) in [4.78, 5) is 6.76. The first-order valence-corrected chi connectivity index (χ1v) is 11.1. The van der Waals surface area contributed by atoms with Crippen LogP contribution in [0.15, 0.2) is 47.5 Å². The molecule has 1 fully saturated rings. The fourth-order valence-electron chi connectivity index (χ4n) is 3.95. The highest BCUT2D eigenvalue weighted by atomic mass is 127. The van der Waals surface area contributed by atoms with Gasteiger partial charge in [-0.25, -0.2) is 4.39 Å². The maximum atomic E-state index is 13.3. The normalized spacial score (nSPS) is 15.0. The number of benzene rings is 2. The monoisotopic (exact) mass is 570 g/mol. The van der Waals surface area contributed by atoms with Crippen molar-refractivity contribution in [1.82, 2.24) is 10.6 Å². The van der Waals surface area contributed by atoms with Gasteiger partial charge in [-0.2, -0.15) is 0 Å². The lowest BCUT2D eigenvalue weighted by Crippen LogP contribution is -2.50. The summed E-state index contributed by atoms with van der Waals surface area (Å²) in [5, 5.41) is 7.00. The summed E-state index contributed by atoms with van der Waals surface area (Å²) >= 11 is 0. The summed E-state index contributed by atoms with van der Waals surface area (Å²) in [7, 11) is 5.13. The number of aliphatic imine (C=N–C) groups is 1. The first kappa shape index (κ1) is 27.0. The third-order valence-corrected chi connectivity index (χ3v) is 6.08. The third kappa shape index (κ3) is 7.38. The molecule has 0 radical (unpaired) electrons. The lowest BCUT2D eigenvalue weighted by molar-refractivity contribution is 0.393. The number of hydrogen-bond donors (Lipinski definition) is 2. The number of anilines is 1. The molecule has 0 amide bonds. The summed E-state index contributed by atoms with van der Waals surface area (Å²) < 4.78 is 24.1. The van der Waals surface area contributed by atoms with Gasteiger partial charge >= 0.3 is 0 Å². The Balaban J connectivity index is 0.00000385. The van der Waals surface area contributed by atoms with Crippen molar-refractivity contribution in [3.05, 3.63) is 53.8 Å². The van der Waals surface area contributed by atoms with Gasteiger partial charge in [-0.05, 0) is 30.5 Å². The number of piperidine rings is 1. The van der Waals surface area contributed by atoms with Gasteiger partial charge in [0.1, 0.15) is 17.3 Å². The number of halogens is 2. The molecule has 0 aromatic heterocycles. The molecule has 2 aromatic rings. The number of nitrogens with one attached hydrogen (secondary N) is 2. The van der Waals surface area contributed by atoms with E-state index in [-0.39, 0.29) is 35.2 Å². The Morgan fingerprint density at radius 3 is 2.15 bits per heavy atom. The quantitative estimate of drug-likeness (QED) is 0.290. The van der Waals surface area contributed by atoms with E-state index in [0.717, 1.165) is 54.6 Å². The molecule has 0 unspecified atom stereocenters. The van der Waals surface area contributed by atoms with Crippen LogP contribution in [0.4, 0.5) is 10.1 Å². The molecule has 33 heavy (non-hydrogen) atoms. The van der Waals surface area contributed by atoms with E-state index >= 15 is 0 Å². The van der Waals surface area contributed by atoms with Crippen LogP contribution in [0.2, 0.25) is 0 Å². The van der Waals surface area contributed by atoms with Gasteiger partial charge in [0, 0.05) is 62.0 Å². The van der Waals surface area contributed by atoms with Gasteiger partial charge < -0.3 is 25.0 Å². The van der Waals surface area contributed by atoms with Crippen molar-refractivity contribution in [1.29, 1.82) is 0 Å². The first-order chi connectivity index (χ1) is 15.3. The second kappa shape index (κ2) is 12.3. The van der Waals surface area contributed by atoms with E-state index in [1.165, 1.54) is 12.1 Å². The molecular formula is C25H36FIN4O2. The predicted molar refractivity (Wildman–Crippen MR) is 144 cm³/mol. The summed E-state index contributed by atoms with van der Waals surface area (Å²) in [6.07, 6.45) is 2.00. The zero-order valence-corrected chi connectivity index (χ0v) is 22.5. The molecule has 8 heteroatoms. The van der Waals surface area contributed by atoms with Crippen LogP contribution in [0.1, 0.15) is 32.3 Å². The van der Waals surface area contributed by atoms with Crippen LogP contribution < -0.4 is 25.0 Å². The standard InChI is InChI=1S/C25H35FN4O2.HI/c1-25(2,18-6-8-19(26)9-7-18)17-28-24(27-3)29-20-10-12-30(13-11-20)21-14-22(31-4)16-23(15-21)32-5;/h6-9,14-16,20H,10-13,17H2,1-5H3,(H2,27,28,29);1H. The summed E-state index contributed by atoms with van der Waals surface area (Å²) in [5.74, 6) is 2.18. The maximum Gasteiger partial charge on any atom is 0.191 e. The number of guanidine groups is 1. The lowest BCUT2D eigenvalue weighted by atomic mass is 9.84. The minimum Gasteiger partial charge on any atom is -0.497 e. The summed E-state index contributed by atoms with van der Waals surface area (Å²) in [6.45, 7) is 6.85. The SMILES string of the molecule is CN=C(NCC(C)(C)c1ccc(F)cc1)NC1CCN(c2cc(OC)cc(OC)c2)CC1.I. The van der Waals surface area contributed by atoms with E-state index in [4.69, 9.17) is 9.47 Å². The van der Waals surface area contributed by atoms with Crippen molar-refractivity contribution in [3.8, 4) is 11.5 Å². The Bertz CT molecular complexity index is 891. The van der Waals surface area contributed by atoms with E-state index in [9.17, 15) is 4.39 Å². The van der Waals surface area contributed by atoms with Gasteiger partial charge in [0.25, 0.3) is 0 Å². The average molecular weight is 570 g/mol. The molecule has 1 heterocycles. The van der Waals surface area contributed by atoms with Crippen LogP contribution in [0, 0.1) is 5.82 Å². The molecule has 1 aliphatic heterocycles. The van der Waals surface area contributed by atoms with E-state index < -0.39 is 0 Å². The fraction of sp³-hybridized carbons (Fsp3) is 0.480. The Kier molecular flexibility index (Phi) is 10.1. The molecule has 6 nitrogen and oxygen atoms in total. The lowest BCUT2D eigenvalue weighted by Gasteiger charge is -2.35. The van der Waals surface area contributed by atoms with Crippen LogP contribution in [-0.4, -0.2) is 52.9 Å². The van der Waals surface area contributed by atoms with Crippen molar-refractivity contribution in [2.24, 2.45) is 4.99 Å². The van der Waals surface area contributed by atoms with Crippen molar-refractivity contribution < 1.29 is 13.9 Å². The zero-order valence-electron chi connectivity index (χ0n) is 20.2. The molecule has 0 bridgehead atoms. The molecule has 0 aliphatic carbocycles. The van der Waals surface area contributed by atoms with Gasteiger partial charge in [-0.3, -0.25) is 4.99 Å². The summed E-state index contributed by atoms with van der Waals surface area (Å²) in [5.41, 5.74) is 2.05. The number of hydrogen-bond acceptors (Lipinski definition) is 4. The first-order valence-electron chi connectivity index (χ1n) is 11.1. The Labute approximate surface area is 214 Å².